The summed E-state index contributed by atoms with van der Waals surface area (Å²) in [4.78, 5) is 23.7. The second kappa shape index (κ2) is 7.05. The van der Waals surface area contributed by atoms with E-state index in [1.807, 2.05) is 6.92 Å². The lowest BCUT2D eigenvalue weighted by Crippen LogP contribution is -2.38. The van der Waals surface area contributed by atoms with Crippen molar-refractivity contribution in [3.8, 4) is 0 Å². The van der Waals surface area contributed by atoms with Gasteiger partial charge in [0.15, 0.2) is 0 Å². The lowest BCUT2D eigenvalue weighted by atomic mass is 9.96. The zero-order valence-electron chi connectivity index (χ0n) is 12.3. The fraction of sp³-hybridized carbons (Fsp3) is 0.467. The van der Waals surface area contributed by atoms with E-state index < -0.39 is 5.97 Å². The van der Waals surface area contributed by atoms with Crippen molar-refractivity contribution in [1.82, 2.24) is 5.32 Å². The van der Waals surface area contributed by atoms with Crippen molar-refractivity contribution >= 4 is 11.9 Å². The molecule has 1 rings (SSSR count). The molecule has 0 saturated carbocycles. The third-order valence-corrected chi connectivity index (χ3v) is 3.26. The number of ether oxygens (including phenoxy) is 1. The highest BCUT2D eigenvalue weighted by molar-refractivity contribution is 6.06. The van der Waals surface area contributed by atoms with Gasteiger partial charge < -0.3 is 15.2 Å². The van der Waals surface area contributed by atoms with E-state index in [0.717, 1.165) is 0 Å². The molecule has 0 aromatic heterocycles. The predicted molar refractivity (Wildman–Crippen MR) is 76.3 cm³/mol. The summed E-state index contributed by atoms with van der Waals surface area (Å²) < 4.78 is 5.03. The lowest BCUT2D eigenvalue weighted by Gasteiger charge is -2.18. The number of carbonyl (C=O) groups is 2. The van der Waals surface area contributed by atoms with Crippen molar-refractivity contribution in [2.45, 2.75) is 33.2 Å². The van der Waals surface area contributed by atoms with Crippen LogP contribution in [0.4, 0.5) is 0 Å². The Morgan fingerprint density at radius 3 is 2.25 bits per heavy atom. The minimum absolute atomic E-state index is 0.0646. The third kappa shape index (κ3) is 3.57. The number of carboxylic acid groups (broad SMARTS) is 1. The SMILES string of the molecule is CCC(COC)NC(=O)c1c(C)ccc(C)c1C(=O)O. The van der Waals surface area contributed by atoms with E-state index in [2.05, 4.69) is 5.32 Å². The van der Waals surface area contributed by atoms with Crippen LogP contribution < -0.4 is 5.32 Å². The number of hydrogen-bond acceptors (Lipinski definition) is 3. The quantitative estimate of drug-likeness (QED) is 0.836. The first-order valence-corrected chi connectivity index (χ1v) is 6.55. The molecule has 0 fully saturated rings. The van der Waals surface area contributed by atoms with Crippen LogP contribution in [0.2, 0.25) is 0 Å². The van der Waals surface area contributed by atoms with Crippen LogP contribution in [0.15, 0.2) is 12.1 Å². The average Bonchev–Trinajstić information content (AvgIpc) is 2.39. The molecule has 0 aliphatic carbocycles. The predicted octanol–water partition coefficient (Wildman–Crippen LogP) is 2.16. The minimum Gasteiger partial charge on any atom is -0.478 e. The van der Waals surface area contributed by atoms with Crippen LogP contribution in [0.25, 0.3) is 0 Å². The van der Waals surface area contributed by atoms with Crippen LogP contribution in [0.5, 0.6) is 0 Å². The molecule has 1 amide bonds. The highest BCUT2D eigenvalue weighted by Gasteiger charge is 2.22. The van der Waals surface area contributed by atoms with Gasteiger partial charge >= 0.3 is 5.97 Å². The number of aromatic carboxylic acids is 1. The van der Waals surface area contributed by atoms with Crippen molar-refractivity contribution in [3.05, 3.63) is 34.4 Å². The summed E-state index contributed by atoms with van der Waals surface area (Å²) in [5, 5.41) is 12.1. The van der Waals surface area contributed by atoms with Crippen molar-refractivity contribution in [2.24, 2.45) is 0 Å². The van der Waals surface area contributed by atoms with Crippen molar-refractivity contribution < 1.29 is 19.4 Å². The van der Waals surface area contributed by atoms with Crippen LogP contribution in [0.3, 0.4) is 0 Å². The molecule has 2 N–H and O–H groups in total. The Morgan fingerprint density at radius 1 is 1.25 bits per heavy atom. The van der Waals surface area contributed by atoms with Crippen molar-refractivity contribution in [3.63, 3.8) is 0 Å². The van der Waals surface area contributed by atoms with Gasteiger partial charge in [0.2, 0.25) is 0 Å². The number of benzene rings is 1. The summed E-state index contributed by atoms with van der Waals surface area (Å²) >= 11 is 0. The second-order valence-corrected chi connectivity index (χ2v) is 4.79. The molecule has 0 saturated heterocycles. The molecule has 1 atom stereocenters. The standard InChI is InChI=1S/C15H21NO4/c1-5-11(8-20-4)16-14(17)12-9(2)6-7-10(3)13(12)15(18)19/h6-7,11H,5,8H2,1-4H3,(H,16,17)(H,18,19). The molecule has 5 heteroatoms. The normalized spacial score (nSPS) is 12.0. The van der Waals surface area contributed by atoms with E-state index in [1.165, 1.54) is 0 Å². The Balaban J connectivity index is 3.15. The summed E-state index contributed by atoms with van der Waals surface area (Å²) in [6, 6.07) is 3.34. The summed E-state index contributed by atoms with van der Waals surface area (Å²) in [5.41, 5.74) is 1.52. The zero-order chi connectivity index (χ0) is 15.3. The van der Waals surface area contributed by atoms with Crippen LogP contribution >= 0.6 is 0 Å². The molecule has 0 aliphatic rings. The monoisotopic (exact) mass is 279 g/mol. The Kier molecular flexibility index (Phi) is 5.70. The largest absolute Gasteiger partial charge is 0.478 e. The molecule has 1 unspecified atom stereocenters. The smallest absolute Gasteiger partial charge is 0.336 e. The number of hydrogen-bond donors (Lipinski definition) is 2. The van der Waals surface area contributed by atoms with Gasteiger partial charge in [-0.05, 0) is 31.4 Å². The maximum Gasteiger partial charge on any atom is 0.336 e. The molecule has 0 bridgehead atoms. The molecule has 0 spiro atoms. The van der Waals surface area contributed by atoms with Gasteiger partial charge in [-0.25, -0.2) is 4.79 Å². The Bertz CT molecular complexity index is 511. The maximum absolute atomic E-state index is 12.4. The third-order valence-electron chi connectivity index (χ3n) is 3.26. The molecule has 5 nitrogen and oxygen atoms in total. The van der Waals surface area contributed by atoms with Gasteiger partial charge in [0.25, 0.3) is 5.91 Å². The number of amides is 1. The first-order valence-electron chi connectivity index (χ1n) is 6.55. The molecule has 0 aliphatic heterocycles. The first kappa shape index (κ1) is 16.2. The molecule has 1 aromatic carbocycles. The van der Waals surface area contributed by atoms with Gasteiger partial charge in [-0.2, -0.15) is 0 Å². The first-order chi connectivity index (χ1) is 9.42. The minimum atomic E-state index is -1.09. The van der Waals surface area contributed by atoms with E-state index in [1.54, 1.807) is 33.1 Å². The van der Waals surface area contributed by atoms with E-state index >= 15 is 0 Å². The number of aryl methyl sites for hydroxylation is 2. The summed E-state index contributed by atoms with van der Waals surface area (Å²) in [5.74, 6) is -1.45. The van der Waals surface area contributed by atoms with Crippen LogP contribution in [0.1, 0.15) is 45.2 Å². The van der Waals surface area contributed by atoms with Gasteiger partial charge in [0.1, 0.15) is 0 Å². The van der Waals surface area contributed by atoms with Crippen LogP contribution in [-0.4, -0.2) is 36.7 Å². The van der Waals surface area contributed by atoms with Gasteiger partial charge in [0.05, 0.1) is 23.8 Å². The molecule has 110 valence electrons. The van der Waals surface area contributed by atoms with Gasteiger partial charge in [-0.15, -0.1) is 0 Å². The number of carboxylic acids is 1. The van der Waals surface area contributed by atoms with Crippen LogP contribution in [0, 0.1) is 13.8 Å². The van der Waals surface area contributed by atoms with Gasteiger partial charge in [0, 0.05) is 7.11 Å². The lowest BCUT2D eigenvalue weighted by molar-refractivity contribution is 0.0688. The van der Waals surface area contributed by atoms with Crippen molar-refractivity contribution in [1.29, 1.82) is 0 Å². The summed E-state index contributed by atoms with van der Waals surface area (Å²) in [7, 11) is 1.56. The molecule has 0 heterocycles. The highest BCUT2D eigenvalue weighted by atomic mass is 16.5. The number of methoxy groups -OCH3 is 1. The average molecular weight is 279 g/mol. The van der Waals surface area contributed by atoms with E-state index in [9.17, 15) is 14.7 Å². The molecular formula is C15H21NO4. The maximum atomic E-state index is 12.4. The highest BCUT2D eigenvalue weighted by Crippen LogP contribution is 2.19. The molecule has 0 radical (unpaired) electrons. The number of rotatable bonds is 6. The Hall–Kier alpha value is -1.88. The fourth-order valence-corrected chi connectivity index (χ4v) is 2.10. The zero-order valence-corrected chi connectivity index (χ0v) is 12.3. The summed E-state index contributed by atoms with van der Waals surface area (Å²) in [6.07, 6.45) is 0.715. The van der Waals surface area contributed by atoms with E-state index in [-0.39, 0.29) is 23.1 Å². The van der Waals surface area contributed by atoms with Gasteiger partial charge in [-0.1, -0.05) is 19.1 Å². The second-order valence-electron chi connectivity index (χ2n) is 4.79. The Morgan fingerprint density at radius 2 is 1.80 bits per heavy atom. The van der Waals surface area contributed by atoms with E-state index in [0.29, 0.717) is 24.2 Å². The molecule has 1 aromatic rings. The fourth-order valence-electron chi connectivity index (χ4n) is 2.10. The van der Waals surface area contributed by atoms with Crippen molar-refractivity contribution in [2.75, 3.05) is 13.7 Å². The Labute approximate surface area is 118 Å². The summed E-state index contributed by atoms with van der Waals surface area (Å²) in [6.45, 7) is 5.75. The van der Waals surface area contributed by atoms with E-state index in [4.69, 9.17) is 4.74 Å². The topological polar surface area (TPSA) is 75.6 Å². The number of nitrogens with one attached hydrogen (secondary N) is 1. The number of carbonyl (C=O) groups excluding carboxylic acids is 1. The van der Waals surface area contributed by atoms with Crippen LogP contribution in [-0.2, 0) is 4.74 Å². The molecular weight excluding hydrogens is 258 g/mol. The molecule has 20 heavy (non-hydrogen) atoms. The van der Waals surface area contributed by atoms with Gasteiger partial charge in [-0.3, -0.25) is 4.79 Å².